The maximum atomic E-state index is 12.5. The van der Waals surface area contributed by atoms with Gasteiger partial charge in [0.05, 0.1) is 10.0 Å². The Bertz CT molecular complexity index is 1020. The zero-order valence-corrected chi connectivity index (χ0v) is 22.3. The quantitative estimate of drug-likeness (QED) is 0.361. The molecule has 1 saturated heterocycles. The van der Waals surface area contributed by atoms with Gasteiger partial charge in [0.2, 0.25) is 5.91 Å². The first-order chi connectivity index (χ1) is 16.7. The summed E-state index contributed by atoms with van der Waals surface area (Å²) in [6.45, 7) is 2.90. The van der Waals surface area contributed by atoms with E-state index in [0.717, 1.165) is 38.0 Å². The largest absolute Gasteiger partial charge is 0.375 e. The van der Waals surface area contributed by atoms with E-state index in [-0.39, 0.29) is 30.5 Å². The number of hydrogen-bond acceptors (Lipinski definition) is 4. The van der Waals surface area contributed by atoms with Crippen molar-refractivity contribution in [3.8, 4) is 0 Å². The van der Waals surface area contributed by atoms with Crippen molar-refractivity contribution in [1.29, 1.82) is 0 Å². The average Bonchev–Trinajstić information content (AvgIpc) is 3.22. The summed E-state index contributed by atoms with van der Waals surface area (Å²) < 4.78 is 4.88. The van der Waals surface area contributed by atoms with Gasteiger partial charge in [0.1, 0.15) is 6.61 Å². The number of nitrogens with zero attached hydrogens (tertiary/aromatic N) is 1. The van der Waals surface area contributed by atoms with Crippen LogP contribution in [0.15, 0.2) is 36.4 Å². The van der Waals surface area contributed by atoms with Crippen LogP contribution in [-0.2, 0) is 9.53 Å². The summed E-state index contributed by atoms with van der Waals surface area (Å²) in [5.74, 6) is -0.107. The zero-order valence-electron chi connectivity index (χ0n) is 19.3. The molecule has 0 saturated carbocycles. The molecule has 3 amide bonds. The molecule has 3 N–H and O–H groups in total. The number of methoxy groups -OCH3 is 1. The fourth-order valence-corrected chi connectivity index (χ4v) is 4.90. The molecule has 3 rings (SSSR count). The smallest absolute Gasteiger partial charge is 0.319 e. The first-order valence-electron chi connectivity index (χ1n) is 11.2. The highest BCUT2D eigenvalue weighted by atomic mass is 35.5. The van der Waals surface area contributed by atoms with E-state index in [1.807, 2.05) is 12.1 Å². The van der Waals surface area contributed by atoms with Crippen LogP contribution in [0.2, 0.25) is 20.1 Å². The van der Waals surface area contributed by atoms with E-state index in [1.165, 1.54) is 7.11 Å². The van der Waals surface area contributed by atoms with Crippen molar-refractivity contribution < 1.29 is 14.3 Å². The Morgan fingerprint density at radius 2 is 1.83 bits per heavy atom. The maximum Gasteiger partial charge on any atom is 0.319 e. The third-order valence-electron chi connectivity index (χ3n) is 5.75. The minimum Gasteiger partial charge on any atom is -0.375 e. The Morgan fingerprint density at radius 3 is 2.51 bits per heavy atom. The molecule has 11 heteroatoms. The third-order valence-corrected chi connectivity index (χ3v) is 6.93. The Hall–Kier alpha value is -1.74. The average molecular weight is 562 g/mol. The molecule has 0 radical (unpaired) electrons. The van der Waals surface area contributed by atoms with Gasteiger partial charge in [-0.1, -0.05) is 52.5 Å². The number of ether oxygens (including phenoxy) is 1. The van der Waals surface area contributed by atoms with Crippen LogP contribution < -0.4 is 16.0 Å². The van der Waals surface area contributed by atoms with Gasteiger partial charge >= 0.3 is 6.03 Å². The summed E-state index contributed by atoms with van der Waals surface area (Å²) in [7, 11) is 1.50. The van der Waals surface area contributed by atoms with Gasteiger partial charge in [-0.3, -0.25) is 4.79 Å². The van der Waals surface area contributed by atoms with Gasteiger partial charge in [-0.15, -0.1) is 0 Å². The molecule has 2 aromatic rings. The minimum absolute atomic E-state index is 0.000554. The van der Waals surface area contributed by atoms with E-state index < -0.39 is 0 Å². The molecule has 0 aliphatic carbocycles. The fourth-order valence-electron chi connectivity index (χ4n) is 4.06. The number of likely N-dealkylation sites (tertiary alicyclic amines) is 1. The van der Waals surface area contributed by atoms with Crippen molar-refractivity contribution in [2.75, 3.05) is 45.2 Å². The molecular formula is C24H28Cl4N4O3. The van der Waals surface area contributed by atoms with Gasteiger partial charge < -0.3 is 25.6 Å². The first-order valence-corrected chi connectivity index (χ1v) is 12.7. The lowest BCUT2D eigenvalue weighted by atomic mass is 9.95. The number of nitrogens with one attached hydrogen (secondary N) is 3. The van der Waals surface area contributed by atoms with E-state index in [0.29, 0.717) is 32.3 Å². The van der Waals surface area contributed by atoms with Crippen molar-refractivity contribution in [3.63, 3.8) is 0 Å². The van der Waals surface area contributed by atoms with E-state index in [4.69, 9.17) is 51.1 Å². The summed E-state index contributed by atoms with van der Waals surface area (Å²) in [5, 5.41) is 10.5. The first kappa shape index (κ1) is 27.8. The number of hydrogen-bond donors (Lipinski definition) is 3. The summed E-state index contributed by atoms with van der Waals surface area (Å²) >= 11 is 24.4. The normalized spacial score (nSPS) is 16.7. The van der Waals surface area contributed by atoms with E-state index in [9.17, 15) is 9.59 Å². The molecule has 2 aromatic carbocycles. The molecule has 2 unspecified atom stereocenters. The lowest BCUT2D eigenvalue weighted by Crippen LogP contribution is -2.39. The standard InChI is InChI=1S/C24H28Cl4N4O3/c1-35-14-23(33)30-19-5-7-32(13-19)6-4-16(15-2-3-21(27)22(28)8-15)12-29-24(34)31-20-10-17(25)9-18(26)11-20/h2-3,8-11,16,19H,4-7,12-14H2,1H3,(H,30,33)(H2,29,31,34). The number of benzene rings is 2. The van der Waals surface area contributed by atoms with Crippen molar-refractivity contribution in [2.24, 2.45) is 0 Å². The molecule has 1 heterocycles. The molecule has 190 valence electrons. The number of carbonyl (C=O) groups is 2. The second-order valence-electron chi connectivity index (χ2n) is 8.44. The monoisotopic (exact) mass is 560 g/mol. The van der Waals surface area contributed by atoms with Crippen LogP contribution in [-0.4, -0.2) is 62.8 Å². The molecule has 1 aliphatic heterocycles. The molecule has 7 nitrogen and oxygen atoms in total. The molecule has 0 spiro atoms. The highest BCUT2D eigenvalue weighted by Crippen LogP contribution is 2.29. The fraction of sp³-hybridized carbons (Fsp3) is 0.417. The van der Waals surface area contributed by atoms with Gasteiger partial charge in [0.15, 0.2) is 0 Å². The molecular weight excluding hydrogens is 534 g/mol. The number of carbonyl (C=O) groups excluding carboxylic acids is 2. The van der Waals surface area contributed by atoms with Crippen LogP contribution in [0, 0.1) is 0 Å². The lowest BCUT2D eigenvalue weighted by molar-refractivity contribution is -0.125. The molecule has 0 bridgehead atoms. The zero-order chi connectivity index (χ0) is 25.4. The molecule has 0 aromatic heterocycles. The van der Waals surface area contributed by atoms with Crippen molar-refractivity contribution in [1.82, 2.24) is 15.5 Å². The van der Waals surface area contributed by atoms with Crippen LogP contribution in [0.1, 0.15) is 24.3 Å². The van der Waals surface area contributed by atoms with E-state index in [1.54, 1.807) is 24.3 Å². The summed E-state index contributed by atoms with van der Waals surface area (Å²) in [6, 6.07) is 10.1. The van der Waals surface area contributed by atoms with Crippen LogP contribution >= 0.6 is 46.4 Å². The van der Waals surface area contributed by atoms with Crippen LogP contribution in [0.4, 0.5) is 10.5 Å². The SMILES string of the molecule is COCC(=O)NC1CCN(CCC(CNC(=O)Nc2cc(Cl)cc(Cl)c2)c2ccc(Cl)c(Cl)c2)C1. The Balaban J connectivity index is 1.59. The number of urea groups is 1. The topological polar surface area (TPSA) is 82.7 Å². The van der Waals surface area contributed by atoms with Crippen LogP contribution in [0.5, 0.6) is 0 Å². The molecule has 1 fully saturated rings. The van der Waals surface area contributed by atoms with Crippen molar-refractivity contribution >= 4 is 64.0 Å². The molecule has 35 heavy (non-hydrogen) atoms. The van der Waals surface area contributed by atoms with Crippen molar-refractivity contribution in [2.45, 2.75) is 24.8 Å². The predicted octanol–water partition coefficient (Wildman–Crippen LogP) is 5.43. The van der Waals surface area contributed by atoms with Crippen LogP contribution in [0.3, 0.4) is 0 Å². The van der Waals surface area contributed by atoms with Gasteiger partial charge in [-0.25, -0.2) is 4.79 Å². The Labute approximate surface area is 225 Å². The number of rotatable bonds is 10. The predicted molar refractivity (Wildman–Crippen MR) is 142 cm³/mol. The lowest BCUT2D eigenvalue weighted by Gasteiger charge is -2.23. The highest BCUT2D eigenvalue weighted by Gasteiger charge is 2.25. The van der Waals surface area contributed by atoms with Gasteiger partial charge in [0.25, 0.3) is 0 Å². The Kier molecular flexibility index (Phi) is 10.8. The maximum absolute atomic E-state index is 12.5. The highest BCUT2D eigenvalue weighted by molar-refractivity contribution is 6.42. The van der Waals surface area contributed by atoms with E-state index >= 15 is 0 Å². The number of anilines is 1. The molecule has 1 aliphatic rings. The van der Waals surface area contributed by atoms with Gasteiger partial charge in [-0.2, -0.15) is 0 Å². The van der Waals surface area contributed by atoms with Gasteiger partial charge in [-0.05, 0) is 55.3 Å². The summed E-state index contributed by atoms with van der Waals surface area (Å²) in [6.07, 6.45) is 1.66. The third kappa shape index (κ3) is 9.01. The molecule has 2 atom stereocenters. The number of amides is 3. The summed E-state index contributed by atoms with van der Waals surface area (Å²) in [5.41, 5.74) is 1.49. The van der Waals surface area contributed by atoms with Crippen molar-refractivity contribution in [3.05, 3.63) is 62.1 Å². The van der Waals surface area contributed by atoms with Crippen LogP contribution in [0.25, 0.3) is 0 Å². The summed E-state index contributed by atoms with van der Waals surface area (Å²) in [4.78, 5) is 26.6. The Morgan fingerprint density at radius 1 is 1.09 bits per heavy atom. The minimum atomic E-state index is -0.365. The van der Waals surface area contributed by atoms with E-state index in [2.05, 4.69) is 20.9 Å². The van der Waals surface area contributed by atoms with Gasteiger partial charge in [0, 0.05) is 54.4 Å². The number of halogens is 4. The second kappa shape index (κ2) is 13.5. The second-order valence-corrected chi connectivity index (χ2v) is 10.1.